The molecule has 1 aliphatic rings. The quantitative estimate of drug-likeness (QED) is 0.629. The summed E-state index contributed by atoms with van der Waals surface area (Å²) in [6.07, 6.45) is -1.23. The van der Waals surface area contributed by atoms with Crippen molar-refractivity contribution in [1.29, 1.82) is 0 Å². The molecule has 1 aliphatic heterocycles. The maximum atomic E-state index is 11.4. The van der Waals surface area contributed by atoms with E-state index in [1.165, 1.54) is 6.20 Å². The van der Waals surface area contributed by atoms with Gasteiger partial charge in [0.05, 0.1) is 6.20 Å². The van der Waals surface area contributed by atoms with Crippen LogP contribution in [0.15, 0.2) is 6.20 Å². The van der Waals surface area contributed by atoms with Crippen molar-refractivity contribution >= 4 is 23.6 Å². The van der Waals surface area contributed by atoms with E-state index in [9.17, 15) is 22.8 Å². The molecule has 1 fully saturated rings. The number of aromatic amines is 1. The van der Waals surface area contributed by atoms with Gasteiger partial charge in [-0.1, -0.05) is 0 Å². The van der Waals surface area contributed by atoms with Gasteiger partial charge in [-0.05, 0) is 12.8 Å². The average molecular weight is 337 g/mol. The molecule has 2 rings (SSSR count). The molecule has 1 aromatic heterocycles. The Morgan fingerprint density at radius 1 is 1.43 bits per heavy atom. The first-order chi connectivity index (χ1) is 10.7. The number of alkyl halides is 3. The molecule has 9 nitrogen and oxygen atoms in total. The Balaban J connectivity index is 0.000000322. The topological polar surface area (TPSA) is 137 Å². The molecule has 1 aromatic rings. The highest BCUT2D eigenvalue weighted by Crippen LogP contribution is 2.13. The predicted octanol–water partition coefficient (Wildman–Crippen LogP) is 0.435. The number of carboxylic acid groups (broad SMARTS) is 1. The van der Waals surface area contributed by atoms with Gasteiger partial charge < -0.3 is 15.7 Å². The summed E-state index contributed by atoms with van der Waals surface area (Å²) in [5, 5.41) is 22.2. The summed E-state index contributed by atoms with van der Waals surface area (Å²) in [5.41, 5.74) is 0. The first kappa shape index (κ1) is 18.4. The second-order valence-corrected chi connectivity index (χ2v) is 4.55. The molecule has 2 amide bonds. The summed E-state index contributed by atoms with van der Waals surface area (Å²) in [4.78, 5) is 31.3. The zero-order chi connectivity index (χ0) is 17.5. The molecule has 1 atom stereocenters. The number of anilines is 1. The van der Waals surface area contributed by atoms with Gasteiger partial charge in [0.15, 0.2) is 5.82 Å². The van der Waals surface area contributed by atoms with Crippen molar-refractivity contribution in [3.05, 3.63) is 6.20 Å². The Hall–Kier alpha value is -2.66. The van der Waals surface area contributed by atoms with Gasteiger partial charge in [0.1, 0.15) is 0 Å². The Labute approximate surface area is 127 Å². The first-order valence-electron chi connectivity index (χ1n) is 6.43. The summed E-state index contributed by atoms with van der Waals surface area (Å²) in [5.74, 6) is -2.38. The van der Waals surface area contributed by atoms with Gasteiger partial charge in [-0.15, -0.1) is 5.10 Å². The molecule has 12 heteroatoms. The fraction of sp³-hybridized carbons (Fsp3) is 0.545. The fourth-order valence-electron chi connectivity index (χ4n) is 1.67. The van der Waals surface area contributed by atoms with E-state index in [1.54, 1.807) is 0 Å². The number of rotatable bonds is 4. The number of carbonyl (C=O) groups is 3. The van der Waals surface area contributed by atoms with E-state index in [-0.39, 0.29) is 17.9 Å². The van der Waals surface area contributed by atoms with Gasteiger partial charge in [0.2, 0.25) is 11.8 Å². The minimum Gasteiger partial charge on any atom is -0.475 e. The maximum absolute atomic E-state index is 11.4. The van der Waals surface area contributed by atoms with Crippen LogP contribution < -0.4 is 10.6 Å². The second kappa shape index (κ2) is 8.10. The lowest BCUT2D eigenvalue weighted by Gasteiger charge is -2.08. The number of carbonyl (C=O) groups excluding carboxylic acids is 2. The van der Waals surface area contributed by atoms with Gasteiger partial charge in [-0.2, -0.15) is 23.5 Å². The number of aromatic nitrogens is 3. The largest absolute Gasteiger partial charge is 0.490 e. The van der Waals surface area contributed by atoms with E-state index in [0.29, 0.717) is 25.1 Å². The Kier molecular flexibility index (Phi) is 6.48. The van der Waals surface area contributed by atoms with Crippen LogP contribution in [-0.2, 0) is 14.4 Å². The highest BCUT2D eigenvalue weighted by atomic mass is 19.4. The van der Waals surface area contributed by atoms with Crippen LogP contribution in [0.1, 0.15) is 25.7 Å². The van der Waals surface area contributed by atoms with Crippen LogP contribution in [0, 0.1) is 0 Å². The van der Waals surface area contributed by atoms with Crippen LogP contribution in [0.25, 0.3) is 0 Å². The zero-order valence-electron chi connectivity index (χ0n) is 11.7. The SMILES string of the molecule is O=C(CCC1CCC(=O)N1)Nc1cn[nH]n1.O=C(O)C(F)(F)F. The maximum Gasteiger partial charge on any atom is 0.490 e. The molecule has 0 bridgehead atoms. The number of nitrogens with one attached hydrogen (secondary N) is 3. The van der Waals surface area contributed by atoms with Crippen LogP contribution in [-0.4, -0.2) is 50.5 Å². The van der Waals surface area contributed by atoms with Crippen LogP contribution >= 0.6 is 0 Å². The van der Waals surface area contributed by atoms with Gasteiger partial charge in [0.25, 0.3) is 0 Å². The normalized spacial score (nSPS) is 17.0. The van der Waals surface area contributed by atoms with Crippen molar-refractivity contribution in [2.24, 2.45) is 0 Å². The van der Waals surface area contributed by atoms with Crippen LogP contribution in [0.4, 0.5) is 19.0 Å². The molecule has 0 saturated carbocycles. The van der Waals surface area contributed by atoms with Crippen molar-refractivity contribution in [1.82, 2.24) is 20.7 Å². The Morgan fingerprint density at radius 2 is 2.09 bits per heavy atom. The molecule has 4 N–H and O–H groups in total. The molecule has 0 aromatic carbocycles. The summed E-state index contributed by atoms with van der Waals surface area (Å²) in [7, 11) is 0. The standard InChI is InChI=1S/C9H13N5O2.C2HF3O2/c15-8-3-1-6(11-8)2-4-9(16)12-7-5-10-14-13-7;3-2(4,5)1(6)7/h5-6H,1-4H2,(H,11,15)(H2,10,12,13,14,16);(H,6,7). The minimum absolute atomic E-state index is 0.0712. The van der Waals surface area contributed by atoms with Gasteiger partial charge in [0, 0.05) is 18.9 Å². The lowest BCUT2D eigenvalue weighted by atomic mass is 10.1. The number of halogens is 3. The minimum atomic E-state index is -5.08. The van der Waals surface area contributed by atoms with Crippen molar-refractivity contribution in [2.45, 2.75) is 37.9 Å². The zero-order valence-corrected chi connectivity index (χ0v) is 11.7. The van der Waals surface area contributed by atoms with Crippen LogP contribution in [0.3, 0.4) is 0 Å². The third-order valence-corrected chi connectivity index (χ3v) is 2.73. The number of H-pyrrole nitrogens is 1. The molecule has 128 valence electrons. The van der Waals surface area contributed by atoms with E-state index in [1.807, 2.05) is 0 Å². The molecule has 0 radical (unpaired) electrons. The lowest BCUT2D eigenvalue weighted by Crippen LogP contribution is -2.26. The van der Waals surface area contributed by atoms with Gasteiger partial charge in [-0.25, -0.2) is 4.79 Å². The van der Waals surface area contributed by atoms with Crippen molar-refractivity contribution < 1.29 is 32.7 Å². The predicted molar refractivity (Wildman–Crippen MR) is 69.1 cm³/mol. The molecule has 23 heavy (non-hydrogen) atoms. The molecule has 1 unspecified atom stereocenters. The van der Waals surface area contributed by atoms with Crippen molar-refractivity contribution in [3.8, 4) is 0 Å². The average Bonchev–Trinajstić information content (AvgIpc) is 3.08. The highest BCUT2D eigenvalue weighted by molar-refractivity contribution is 5.89. The Bertz CT molecular complexity index is 546. The molecular formula is C11H14F3N5O4. The van der Waals surface area contributed by atoms with E-state index >= 15 is 0 Å². The number of carboxylic acids is 1. The molecule has 1 saturated heterocycles. The van der Waals surface area contributed by atoms with Crippen molar-refractivity contribution in [3.63, 3.8) is 0 Å². The van der Waals surface area contributed by atoms with Gasteiger partial charge in [-0.3, -0.25) is 9.59 Å². The van der Waals surface area contributed by atoms with Crippen LogP contribution in [0.2, 0.25) is 0 Å². The number of hydrogen-bond donors (Lipinski definition) is 4. The molecule has 0 spiro atoms. The lowest BCUT2D eigenvalue weighted by molar-refractivity contribution is -0.192. The fourth-order valence-corrected chi connectivity index (χ4v) is 1.67. The smallest absolute Gasteiger partial charge is 0.475 e. The van der Waals surface area contributed by atoms with E-state index < -0.39 is 12.1 Å². The van der Waals surface area contributed by atoms with E-state index in [0.717, 1.165) is 6.42 Å². The first-order valence-corrected chi connectivity index (χ1v) is 6.43. The number of hydrogen-bond acceptors (Lipinski definition) is 5. The second-order valence-electron chi connectivity index (χ2n) is 4.55. The number of amides is 2. The van der Waals surface area contributed by atoms with Crippen LogP contribution in [0.5, 0.6) is 0 Å². The summed E-state index contributed by atoms with van der Waals surface area (Å²) < 4.78 is 31.7. The third kappa shape index (κ3) is 7.24. The molecular weight excluding hydrogens is 323 g/mol. The molecule has 0 aliphatic carbocycles. The number of aliphatic carboxylic acids is 1. The number of nitrogens with zero attached hydrogens (tertiary/aromatic N) is 2. The summed E-state index contributed by atoms with van der Waals surface area (Å²) >= 11 is 0. The van der Waals surface area contributed by atoms with E-state index in [2.05, 4.69) is 26.0 Å². The Morgan fingerprint density at radius 3 is 2.52 bits per heavy atom. The van der Waals surface area contributed by atoms with Crippen molar-refractivity contribution in [2.75, 3.05) is 5.32 Å². The highest BCUT2D eigenvalue weighted by Gasteiger charge is 2.38. The van der Waals surface area contributed by atoms with Gasteiger partial charge >= 0.3 is 12.1 Å². The van der Waals surface area contributed by atoms with E-state index in [4.69, 9.17) is 9.90 Å². The molecule has 2 heterocycles. The summed E-state index contributed by atoms with van der Waals surface area (Å²) in [6.45, 7) is 0. The monoisotopic (exact) mass is 337 g/mol. The summed E-state index contributed by atoms with van der Waals surface area (Å²) in [6, 6.07) is 0.135. The third-order valence-electron chi connectivity index (χ3n) is 2.73.